The summed E-state index contributed by atoms with van der Waals surface area (Å²) in [6.45, 7) is 0.824. The van der Waals surface area contributed by atoms with Crippen molar-refractivity contribution < 1.29 is 27.5 Å². The molecule has 0 aliphatic heterocycles. The van der Waals surface area contributed by atoms with Crippen LogP contribution in [0.2, 0.25) is 0 Å². The van der Waals surface area contributed by atoms with Gasteiger partial charge in [0.15, 0.2) is 6.61 Å². The molecule has 1 aromatic heterocycles. The molecule has 2 aromatic rings. The number of amides is 2. The molecule has 0 saturated carbocycles. The number of esters is 1. The van der Waals surface area contributed by atoms with Crippen molar-refractivity contribution in [1.82, 2.24) is 9.88 Å². The highest BCUT2D eigenvalue weighted by Crippen LogP contribution is 2.16. The molecule has 0 atom stereocenters. The summed E-state index contributed by atoms with van der Waals surface area (Å²) in [5, 5.41) is 7.16. The van der Waals surface area contributed by atoms with Gasteiger partial charge in [0, 0.05) is 13.2 Å². The van der Waals surface area contributed by atoms with Crippen molar-refractivity contribution in [3.8, 4) is 0 Å². The molecular weight excluding hydrogens is 362 g/mol. The van der Waals surface area contributed by atoms with Crippen LogP contribution in [0.3, 0.4) is 0 Å². The summed E-state index contributed by atoms with van der Waals surface area (Å²) >= 11 is 0. The number of benzene rings is 1. The Balaban J connectivity index is 1.99. The van der Waals surface area contributed by atoms with Crippen molar-refractivity contribution >= 4 is 27.8 Å². The maximum absolute atomic E-state index is 12.0. The van der Waals surface area contributed by atoms with E-state index >= 15 is 0 Å². The minimum Gasteiger partial charge on any atom is -0.452 e. The zero-order valence-corrected chi connectivity index (χ0v) is 14.9. The average molecular weight is 379 g/mol. The number of nitrogens with zero attached hydrogens (tertiary/aromatic N) is 1. The van der Waals surface area contributed by atoms with Crippen LogP contribution in [0, 0.1) is 6.92 Å². The van der Waals surface area contributed by atoms with E-state index in [0.717, 1.165) is 6.07 Å². The quantitative estimate of drug-likeness (QED) is 0.707. The minimum atomic E-state index is -4.00. The molecular formula is C16H17N3O6S. The standard InChI is InChI=1S/C16H17N3O6S/c1-10-5-6-11(8-13(10)26(17,23)24)16(22)25-9-14(20)18-15(21)12-4-3-7-19(12)2/h3-8H,9H2,1-2H3,(H2,17,23,24)(H,18,20,21). The lowest BCUT2D eigenvalue weighted by Crippen LogP contribution is -2.35. The second-order valence-electron chi connectivity index (χ2n) is 5.48. The Bertz CT molecular complexity index is 978. The summed E-state index contributed by atoms with van der Waals surface area (Å²) < 4.78 is 29.3. The molecule has 0 saturated heterocycles. The summed E-state index contributed by atoms with van der Waals surface area (Å²) in [7, 11) is -2.36. The van der Waals surface area contributed by atoms with Crippen molar-refractivity contribution in [3.63, 3.8) is 0 Å². The SMILES string of the molecule is Cc1ccc(C(=O)OCC(=O)NC(=O)c2cccn2C)cc1S(N)(=O)=O. The molecule has 0 spiro atoms. The van der Waals surface area contributed by atoms with E-state index in [9.17, 15) is 22.8 Å². The number of nitrogens with one attached hydrogen (secondary N) is 1. The molecule has 138 valence electrons. The van der Waals surface area contributed by atoms with Gasteiger partial charge in [-0.15, -0.1) is 0 Å². The second-order valence-corrected chi connectivity index (χ2v) is 7.01. The Hall–Kier alpha value is -2.98. The van der Waals surface area contributed by atoms with Crippen LogP contribution in [0.1, 0.15) is 26.4 Å². The molecule has 0 unspecified atom stereocenters. The summed E-state index contributed by atoms with van der Waals surface area (Å²) in [4.78, 5) is 35.4. The third-order valence-corrected chi connectivity index (χ3v) is 4.55. The predicted octanol–water partition coefficient (Wildman–Crippen LogP) is 0.0943. The molecule has 1 aromatic carbocycles. The first-order valence-electron chi connectivity index (χ1n) is 7.35. The van der Waals surface area contributed by atoms with Crippen molar-refractivity contribution in [1.29, 1.82) is 0 Å². The first-order valence-corrected chi connectivity index (χ1v) is 8.90. The van der Waals surface area contributed by atoms with Crippen molar-refractivity contribution in [3.05, 3.63) is 53.3 Å². The zero-order chi connectivity index (χ0) is 19.5. The van der Waals surface area contributed by atoms with Crippen LogP contribution in [0.25, 0.3) is 0 Å². The fourth-order valence-electron chi connectivity index (χ4n) is 2.17. The number of aryl methyl sites for hydroxylation is 2. The number of primary sulfonamides is 1. The highest BCUT2D eigenvalue weighted by molar-refractivity contribution is 7.89. The number of carbonyl (C=O) groups is 3. The normalized spacial score (nSPS) is 11.0. The van der Waals surface area contributed by atoms with Gasteiger partial charge < -0.3 is 9.30 Å². The molecule has 3 N–H and O–H groups in total. The highest BCUT2D eigenvalue weighted by Gasteiger charge is 2.18. The maximum Gasteiger partial charge on any atom is 0.338 e. The Morgan fingerprint density at radius 1 is 1.23 bits per heavy atom. The second kappa shape index (κ2) is 7.50. The summed E-state index contributed by atoms with van der Waals surface area (Å²) in [6.07, 6.45) is 1.64. The third-order valence-electron chi connectivity index (χ3n) is 3.49. The van der Waals surface area contributed by atoms with Crippen LogP contribution in [-0.2, 0) is 26.6 Å². The third kappa shape index (κ3) is 4.55. The van der Waals surface area contributed by atoms with E-state index < -0.39 is 34.4 Å². The van der Waals surface area contributed by atoms with E-state index in [-0.39, 0.29) is 16.2 Å². The van der Waals surface area contributed by atoms with E-state index in [1.807, 2.05) is 0 Å². The van der Waals surface area contributed by atoms with E-state index in [4.69, 9.17) is 9.88 Å². The number of nitrogens with two attached hydrogens (primary N) is 1. The van der Waals surface area contributed by atoms with Gasteiger partial charge >= 0.3 is 5.97 Å². The Morgan fingerprint density at radius 2 is 1.92 bits per heavy atom. The van der Waals surface area contributed by atoms with Crippen LogP contribution in [0.5, 0.6) is 0 Å². The van der Waals surface area contributed by atoms with E-state index in [2.05, 4.69) is 5.32 Å². The van der Waals surface area contributed by atoms with E-state index in [1.54, 1.807) is 19.3 Å². The summed E-state index contributed by atoms with van der Waals surface area (Å²) in [5.74, 6) is -2.37. The smallest absolute Gasteiger partial charge is 0.338 e. The number of sulfonamides is 1. The predicted molar refractivity (Wildman–Crippen MR) is 90.7 cm³/mol. The Labute approximate surface area is 149 Å². The van der Waals surface area contributed by atoms with Gasteiger partial charge in [-0.05, 0) is 36.8 Å². The molecule has 0 aliphatic rings. The molecule has 2 rings (SSSR count). The van der Waals surface area contributed by atoms with E-state index in [1.165, 1.54) is 29.7 Å². The lowest BCUT2D eigenvalue weighted by Gasteiger charge is -2.08. The van der Waals surface area contributed by atoms with E-state index in [0.29, 0.717) is 5.56 Å². The Morgan fingerprint density at radius 3 is 2.50 bits per heavy atom. The molecule has 26 heavy (non-hydrogen) atoms. The van der Waals surface area contributed by atoms with Crippen LogP contribution in [-0.4, -0.2) is 37.4 Å². The van der Waals surface area contributed by atoms with Gasteiger partial charge in [0.25, 0.3) is 11.8 Å². The number of imide groups is 1. The maximum atomic E-state index is 12.0. The number of rotatable bonds is 5. The topological polar surface area (TPSA) is 138 Å². The van der Waals surface area contributed by atoms with Gasteiger partial charge in [-0.3, -0.25) is 14.9 Å². The van der Waals surface area contributed by atoms with Crippen LogP contribution >= 0.6 is 0 Å². The van der Waals surface area contributed by atoms with Gasteiger partial charge in [0.1, 0.15) is 5.69 Å². The number of carbonyl (C=O) groups excluding carboxylic acids is 3. The number of hydrogen-bond donors (Lipinski definition) is 2. The van der Waals surface area contributed by atoms with Gasteiger partial charge in [-0.25, -0.2) is 18.4 Å². The summed E-state index contributed by atoms with van der Waals surface area (Å²) in [5.41, 5.74) is 0.553. The molecule has 9 nitrogen and oxygen atoms in total. The summed E-state index contributed by atoms with van der Waals surface area (Å²) in [6, 6.07) is 6.98. The molecule has 0 bridgehead atoms. The van der Waals surface area contributed by atoms with Gasteiger partial charge in [0.05, 0.1) is 10.5 Å². The zero-order valence-electron chi connectivity index (χ0n) is 14.1. The van der Waals surface area contributed by atoms with Crippen LogP contribution < -0.4 is 10.5 Å². The van der Waals surface area contributed by atoms with Crippen LogP contribution in [0.15, 0.2) is 41.4 Å². The number of ether oxygens (including phenoxy) is 1. The molecule has 0 radical (unpaired) electrons. The Kier molecular flexibility index (Phi) is 5.58. The van der Waals surface area contributed by atoms with Gasteiger partial charge in [-0.1, -0.05) is 6.07 Å². The monoisotopic (exact) mass is 379 g/mol. The lowest BCUT2D eigenvalue weighted by molar-refractivity contribution is -0.123. The molecule has 0 fully saturated rings. The average Bonchev–Trinajstić information content (AvgIpc) is 2.98. The van der Waals surface area contributed by atoms with Crippen LogP contribution in [0.4, 0.5) is 0 Å². The number of hydrogen-bond acceptors (Lipinski definition) is 6. The molecule has 0 aliphatic carbocycles. The largest absolute Gasteiger partial charge is 0.452 e. The highest BCUT2D eigenvalue weighted by atomic mass is 32.2. The fourth-order valence-corrected chi connectivity index (χ4v) is 2.98. The molecule has 10 heteroatoms. The molecule has 1 heterocycles. The first kappa shape index (κ1) is 19.3. The van der Waals surface area contributed by atoms with Gasteiger partial charge in [0.2, 0.25) is 10.0 Å². The number of aromatic nitrogens is 1. The van der Waals surface area contributed by atoms with Crippen molar-refractivity contribution in [2.45, 2.75) is 11.8 Å². The lowest BCUT2D eigenvalue weighted by atomic mass is 10.1. The van der Waals surface area contributed by atoms with Gasteiger partial charge in [-0.2, -0.15) is 0 Å². The molecule has 2 amide bonds. The van der Waals surface area contributed by atoms with Crippen molar-refractivity contribution in [2.75, 3.05) is 6.61 Å². The minimum absolute atomic E-state index is 0.0822. The first-order chi connectivity index (χ1) is 12.1. The van der Waals surface area contributed by atoms with Crippen molar-refractivity contribution in [2.24, 2.45) is 12.2 Å². The fraction of sp³-hybridized carbons (Fsp3) is 0.188.